The Morgan fingerprint density at radius 2 is 2.20 bits per heavy atom. The topological polar surface area (TPSA) is 85.1 Å². The summed E-state index contributed by atoms with van der Waals surface area (Å²) in [4.78, 5) is 0. The van der Waals surface area contributed by atoms with Crippen LogP contribution in [0.15, 0.2) is 0 Å². The maximum absolute atomic E-state index is 8.11. The Hall–Kier alpha value is 0.0200. The number of rotatable bonds is 4. The van der Waals surface area contributed by atoms with Crippen LogP contribution in [0.25, 0.3) is 0 Å². The van der Waals surface area contributed by atoms with Crippen molar-refractivity contribution >= 4 is 18.4 Å². The first kappa shape index (κ1) is 10.0. The molecule has 0 unspecified atom stereocenters. The number of hydrogen-bond donors (Lipinski definition) is 2. The smallest absolute Gasteiger partial charge is 0.192 e. The number of hydrogen-bond acceptors (Lipinski definition) is 3. The molecule has 10 heavy (non-hydrogen) atoms. The van der Waals surface area contributed by atoms with Crippen LogP contribution in [0, 0.1) is 11.3 Å². The minimum absolute atomic E-state index is 0.387. The van der Waals surface area contributed by atoms with E-state index in [0.29, 0.717) is 19.4 Å². The molecule has 0 aliphatic carbocycles. The molecule has 0 bridgehead atoms. The summed E-state index contributed by atoms with van der Waals surface area (Å²) in [6.07, 6.45) is 1.10. The van der Waals surface area contributed by atoms with E-state index in [-0.39, 0.29) is 0 Å². The lowest BCUT2D eigenvalue weighted by Crippen LogP contribution is -2.08. The van der Waals surface area contributed by atoms with Crippen molar-refractivity contribution in [2.24, 2.45) is 11.0 Å². The minimum atomic E-state index is -2.48. The van der Waals surface area contributed by atoms with Crippen molar-refractivity contribution < 1.29 is 4.52 Å². The van der Waals surface area contributed by atoms with Crippen molar-refractivity contribution in [3.8, 4) is 6.07 Å². The van der Waals surface area contributed by atoms with E-state index in [1.165, 1.54) is 0 Å². The van der Waals surface area contributed by atoms with Crippen LogP contribution in [0.3, 0.4) is 0 Å². The normalized spacial score (nSPS) is 10.9. The van der Waals surface area contributed by atoms with Crippen LogP contribution in [-0.2, 0) is 16.3 Å². The first-order chi connectivity index (χ1) is 4.56. The zero-order chi connectivity index (χ0) is 8.04. The van der Waals surface area contributed by atoms with Crippen LogP contribution < -0.4 is 11.0 Å². The molecule has 0 aromatic carbocycles. The van der Waals surface area contributed by atoms with Gasteiger partial charge in [-0.15, -0.1) is 0 Å². The predicted octanol–water partition coefficient (Wildman–Crippen LogP) is 0.449. The van der Waals surface area contributed by atoms with E-state index in [9.17, 15) is 0 Å². The van der Waals surface area contributed by atoms with E-state index in [2.05, 4.69) is 11.8 Å². The monoisotopic (exact) mass is 179 g/mol. The van der Waals surface area contributed by atoms with Gasteiger partial charge in [0.25, 0.3) is 0 Å². The van der Waals surface area contributed by atoms with E-state index in [1.807, 2.05) is 6.07 Å². The highest BCUT2D eigenvalue weighted by Crippen LogP contribution is 2.26. The van der Waals surface area contributed by atoms with Crippen molar-refractivity contribution in [2.75, 3.05) is 6.61 Å². The Labute approximate surface area is 65.3 Å². The zero-order valence-electron chi connectivity index (χ0n) is 5.49. The van der Waals surface area contributed by atoms with Crippen molar-refractivity contribution in [3.63, 3.8) is 0 Å². The van der Waals surface area contributed by atoms with Gasteiger partial charge in [-0.1, -0.05) is 0 Å². The summed E-state index contributed by atoms with van der Waals surface area (Å²) in [6.45, 7) is -2.10. The maximum Gasteiger partial charge on any atom is 0.192 e. The Morgan fingerprint density at radius 3 is 2.60 bits per heavy atom. The van der Waals surface area contributed by atoms with E-state index in [1.54, 1.807) is 0 Å². The number of nitrogens with two attached hydrogens (primary N) is 2. The SMILES string of the molecule is N#CCCCOP(N)(N)=S. The molecule has 0 aromatic rings. The average Bonchev–Trinajstić information content (AvgIpc) is 1.78. The minimum Gasteiger partial charge on any atom is -0.327 e. The first-order valence-corrected chi connectivity index (χ1v) is 5.61. The van der Waals surface area contributed by atoms with Crippen LogP contribution in [-0.4, -0.2) is 6.61 Å². The number of nitrogens with zero attached hydrogens (tertiary/aromatic N) is 1. The van der Waals surface area contributed by atoms with Gasteiger partial charge in [-0.3, -0.25) is 11.0 Å². The quantitative estimate of drug-likeness (QED) is 0.483. The molecule has 0 fully saturated rings. The lowest BCUT2D eigenvalue weighted by molar-refractivity contribution is 0.345. The van der Waals surface area contributed by atoms with Gasteiger partial charge in [-0.2, -0.15) is 5.26 Å². The van der Waals surface area contributed by atoms with Crippen LogP contribution in [0.4, 0.5) is 0 Å². The third-order valence-corrected chi connectivity index (χ3v) is 1.63. The Kier molecular flexibility index (Phi) is 4.79. The van der Waals surface area contributed by atoms with Crippen LogP contribution in [0.5, 0.6) is 0 Å². The Bertz CT molecular complexity index is 172. The highest BCUT2D eigenvalue weighted by molar-refractivity contribution is 8.10. The van der Waals surface area contributed by atoms with Gasteiger partial charge in [-0.05, 0) is 18.2 Å². The molecule has 6 heteroatoms. The Balaban J connectivity index is 3.23. The predicted molar refractivity (Wildman–Crippen MR) is 43.5 cm³/mol. The second kappa shape index (κ2) is 4.78. The van der Waals surface area contributed by atoms with Gasteiger partial charge in [0.05, 0.1) is 12.7 Å². The lowest BCUT2D eigenvalue weighted by Gasteiger charge is -2.08. The van der Waals surface area contributed by atoms with Gasteiger partial charge in [0.2, 0.25) is 0 Å². The molecule has 4 nitrogen and oxygen atoms in total. The highest BCUT2D eigenvalue weighted by Gasteiger charge is 2.00. The molecule has 0 aliphatic heterocycles. The lowest BCUT2D eigenvalue weighted by atomic mass is 10.4. The molecule has 0 atom stereocenters. The van der Waals surface area contributed by atoms with Crippen molar-refractivity contribution in [1.29, 1.82) is 5.26 Å². The van der Waals surface area contributed by atoms with E-state index in [4.69, 9.17) is 20.8 Å². The largest absolute Gasteiger partial charge is 0.327 e. The summed E-state index contributed by atoms with van der Waals surface area (Å²) < 4.78 is 4.86. The first-order valence-electron chi connectivity index (χ1n) is 2.75. The molecule has 0 heterocycles. The second-order valence-electron chi connectivity index (χ2n) is 1.74. The summed E-state index contributed by atoms with van der Waals surface area (Å²) in [6, 6.07) is 1.97. The molecule has 0 radical (unpaired) electrons. The van der Waals surface area contributed by atoms with Crippen molar-refractivity contribution in [3.05, 3.63) is 0 Å². The van der Waals surface area contributed by atoms with E-state index >= 15 is 0 Å². The summed E-state index contributed by atoms with van der Waals surface area (Å²) in [5, 5.41) is 8.11. The average molecular weight is 179 g/mol. The standard InChI is InChI=1S/C4H10N3OPS/c5-3-1-2-4-8-9(6,7)10/h1-2,4H2,(H4,6,7,10). The molecule has 0 rings (SSSR count). The van der Waals surface area contributed by atoms with Gasteiger partial charge in [0.1, 0.15) is 0 Å². The molecular weight excluding hydrogens is 169 g/mol. The van der Waals surface area contributed by atoms with Crippen LogP contribution in [0.1, 0.15) is 12.8 Å². The maximum atomic E-state index is 8.11. The van der Waals surface area contributed by atoms with Gasteiger partial charge < -0.3 is 4.52 Å². The molecular formula is C4H10N3OPS. The highest BCUT2D eigenvalue weighted by atomic mass is 32.4. The van der Waals surface area contributed by atoms with Gasteiger partial charge in [0.15, 0.2) is 6.57 Å². The molecule has 0 aliphatic rings. The fourth-order valence-electron chi connectivity index (χ4n) is 0.358. The zero-order valence-corrected chi connectivity index (χ0v) is 7.20. The van der Waals surface area contributed by atoms with E-state index in [0.717, 1.165) is 0 Å². The molecule has 4 N–H and O–H groups in total. The molecule has 0 spiro atoms. The third-order valence-electron chi connectivity index (χ3n) is 0.726. The van der Waals surface area contributed by atoms with Crippen LogP contribution in [0.2, 0.25) is 0 Å². The van der Waals surface area contributed by atoms with Crippen molar-refractivity contribution in [1.82, 2.24) is 0 Å². The van der Waals surface area contributed by atoms with Gasteiger partial charge in [-0.25, -0.2) is 0 Å². The van der Waals surface area contributed by atoms with Crippen LogP contribution >= 0.6 is 6.57 Å². The van der Waals surface area contributed by atoms with Crippen molar-refractivity contribution in [2.45, 2.75) is 12.8 Å². The molecule has 0 aromatic heterocycles. The summed E-state index contributed by atoms with van der Waals surface area (Å²) >= 11 is 4.60. The second-order valence-corrected chi connectivity index (χ2v) is 5.00. The van der Waals surface area contributed by atoms with E-state index < -0.39 is 6.57 Å². The van der Waals surface area contributed by atoms with Gasteiger partial charge in [0, 0.05) is 6.42 Å². The number of unbranched alkanes of at least 4 members (excludes halogenated alkanes) is 1. The molecule has 0 saturated heterocycles. The molecule has 58 valence electrons. The fourth-order valence-corrected chi connectivity index (χ4v) is 0.997. The molecule has 0 amide bonds. The summed E-state index contributed by atoms with van der Waals surface area (Å²) in [5.41, 5.74) is 10.4. The molecule has 0 saturated carbocycles. The Morgan fingerprint density at radius 1 is 1.60 bits per heavy atom. The fraction of sp³-hybridized carbons (Fsp3) is 0.750. The third kappa shape index (κ3) is 8.02. The number of nitriles is 1. The van der Waals surface area contributed by atoms with Gasteiger partial charge >= 0.3 is 0 Å². The summed E-state index contributed by atoms with van der Waals surface area (Å²) in [5.74, 6) is 0. The summed E-state index contributed by atoms with van der Waals surface area (Å²) in [7, 11) is 0.